The van der Waals surface area contributed by atoms with Crippen LogP contribution in [0.5, 0.6) is 5.75 Å². The first-order chi connectivity index (χ1) is 6.20. The molecule has 0 unspecified atom stereocenters. The van der Waals surface area contributed by atoms with Gasteiger partial charge >= 0.3 is 0 Å². The Hall–Kier alpha value is -1.16. The standard InChI is InChI=1S/C9H9F2NO/c10-9(11)6-3-1-2-5-7(12)4-13-8(5)6/h1-3,7,9H,4,12H2/t7-/m0/s1. The van der Waals surface area contributed by atoms with Gasteiger partial charge in [0.05, 0.1) is 11.6 Å². The van der Waals surface area contributed by atoms with Crippen LogP contribution in [0, 0.1) is 0 Å². The molecule has 1 aliphatic rings. The van der Waals surface area contributed by atoms with E-state index in [1.807, 2.05) is 0 Å². The van der Waals surface area contributed by atoms with Crippen LogP contribution in [-0.2, 0) is 0 Å². The molecule has 0 saturated heterocycles. The van der Waals surface area contributed by atoms with Crippen molar-refractivity contribution in [1.29, 1.82) is 0 Å². The number of alkyl halides is 2. The molecule has 0 bridgehead atoms. The molecule has 4 heteroatoms. The van der Waals surface area contributed by atoms with E-state index in [1.54, 1.807) is 12.1 Å². The maximum atomic E-state index is 12.4. The Morgan fingerprint density at radius 2 is 2.23 bits per heavy atom. The first-order valence-electron chi connectivity index (χ1n) is 3.99. The summed E-state index contributed by atoms with van der Waals surface area (Å²) < 4.78 is 30.0. The van der Waals surface area contributed by atoms with E-state index in [1.165, 1.54) is 6.07 Å². The lowest BCUT2D eigenvalue weighted by molar-refractivity contribution is 0.146. The molecule has 0 saturated carbocycles. The van der Waals surface area contributed by atoms with Crippen LogP contribution in [0.25, 0.3) is 0 Å². The highest BCUT2D eigenvalue weighted by Gasteiger charge is 2.26. The number of hydrogen-bond acceptors (Lipinski definition) is 2. The Bertz CT molecular complexity index is 327. The Labute approximate surface area is 74.3 Å². The largest absolute Gasteiger partial charge is 0.491 e. The van der Waals surface area contributed by atoms with E-state index in [9.17, 15) is 8.78 Å². The topological polar surface area (TPSA) is 35.2 Å². The van der Waals surface area contributed by atoms with Gasteiger partial charge < -0.3 is 10.5 Å². The minimum atomic E-state index is -2.50. The van der Waals surface area contributed by atoms with Crippen LogP contribution in [0.2, 0.25) is 0 Å². The molecule has 2 rings (SSSR count). The third-order valence-electron chi connectivity index (χ3n) is 2.12. The smallest absolute Gasteiger partial charge is 0.267 e. The summed E-state index contributed by atoms with van der Waals surface area (Å²) in [5, 5.41) is 0. The normalized spacial score (nSPS) is 20.2. The van der Waals surface area contributed by atoms with E-state index < -0.39 is 6.43 Å². The van der Waals surface area contributed by atoms with Crippen LogP contribution in [0.1, 0.15) is 23.6 Å². The molecule has 13 heavy (non-hydrogen) atoms. The summed E-state index contributed by atoms with van der Waals surface area (Å²) in [6.07, 6.45) is -2.50. The first kappa shape index (κ1) is 8.44. The van der Waals surface area contributed by atoms with Gasteiger partial charge in [-0.2, -0.15) is 0 Å². The zero-order valence-corrected chi connectivity index (χ0v) is 6.84. The average Bonchev–Trinajstić information content (AvgIpc) is 2.48. The molecule has 1 heterocycles. The summed E-state index contributed by atoms with van der Waals surface area (Å²) in [4.78, 5) is 0. The van der Waals surface area contributed by atoms with Gasteiger partial charge in [0.1, 0.15) is 12.4 Å². The van der Waals surface area contributed by atoms with Crippen molar-refractivity contribution in [2.24, 2.45) is 5.73 Å². The Morgan fingerprint density at radius 3 is 2.92 bits per heavy atom. The van der Waals surface area contributed by atoms with Gasteiger partial charge in [-0.05, 0) is 6.07 Å². The van der Waals surface area contributed by atoms with E-state index in [2.05, 4.69) is 0 Å². The molecule has 1 aromatic rings. The van der Waals surface area contributed by atoms with Gasteiger partial charge in [0, 0.05) is 5.56 Å². The van der Waals surface area contributed by atoms with Crippen LogP contribution in [-0.4, -0.2) is 6.61 Å². The highest BCUT2D eigenvalue weighted by molar-refractivity contribution is 5.46. The Kier molecular flexibility index (Phi) is 1.92. The molecular weight excluding hydrogens is 176 g/mol. The van der Waals surface area contributed by atoms with Crippen molar-refractivity contribution in [1.82, 2.24) is 0 Å². The van der Waals surface area contributed by atoms with Crippen LogP contribution >= 0.6 is 0 Å². The number of fused-ring (bicyclic) bond motifs is 1. The predicted octanol–water partition coefficient (Wildman–Crippen LogP) is 2.02. The predicted molar refractivity (Wildman–Crippen MR) is 43.8 cm³/mol. The summed E-state index contributed by atoms with van der Waals surface area (Å²) in [7, 11) is 0. The number of benzene rings is 1. The maximum absolute atomic E-state index is 12.4. The number of halogens is 2. The van der Waals surface area contributed by atoms with Crippen molar-refractivity contribution in [2.75, 3.05) is 6.61 Å². The van der Waals surface area contributed by atoms with Crippen LogP contribution < -0.4 is 10.5 Å². The summed E-state index contributed by atoms with van der Waals surface area (Å²) >= 11 is 0. The van der Waals surface area contributed by atoms with Gasteiger partial charge in [-0.1, -0.05) is 12.1 Å². The fraction of sp³-hybridized carbons (Fsp3) is 0.333. The molecule has 2 N–H and O–H groups in total. The number of hydrogen-bond donors (Lipinski definition) is 1. The molecule has 0 aliphatic carbocycles. The second-order valence-corrected chi connectivity index (χ2v) is 2.98. The monoisotopic (exact) mass is 185 g/mol. The van der Waals surface area contributed by atoms with Crippen molar-refractivity contribution >= 4 is 0 Å². The molecule has 1 atom stereocenters. The number of para-hydroxylation sites is 1. The quantitative estimate of drug-likeness (QED) is 0.726. The van der Waals surface area contributed by atoms with Crippen LogP contribution in [0.4, 0.5) is 8.78 Å². The van der Waals surface area contributed by atoms with Gasteiger partial charge in [-0.25, -0.2) is 8.78 Å². The second kappa shape index (κ2) is 2.96. The van der Waals surface area contributed by atoms with E-state index in [0.717, 1.165) is 0 Å². The van der Waals surface area contributed by atoms with Gasteiger partial charge in [0.2, 0.25) is 0 Å². The second-order valence-electron chi connectivity index (χ2n) is 2.98. The van der Waals surface area contributed by atoms with Crippen molar-refractivity contribution in [3.05, 3.63) is 29.3 Å². The molecule has 1 aliphatic heterocycles. The molecule has 70 valence electrons. The van der Waals surface area contributed by atoms with Gasteiger partial charge in [-0.15, -0.1) is 0 Å². The summed E-state index contributed by atoms with van der Waals surface area (Å²) in [5.41, 5.74) is 6.26. The lowest BCUT2D eigenvalue weighted by atomic mass is 10.1. The third kappa shape index (κ3) is 1.27. The van der Waals surface area contributed by atoms with Crippen molar-refractivity contribution in [3.63, 3.8) is 0 Å². The molecule has 0 amide bonds. The zero-order chi connectivity index (χ0) is 9.42. The van der Waals surface area contributed by atoms with E-state index >= 15 is 0 Å². The van der Waals surface area contributed by atoms with Gasteiger partial charge in [-0.3, -0.25) is 0 Å². The third-order valence-corrected chi connectivity index (χ3v) is 2.12. The Morgan fingerprint density at radius 1 is 1.46 bits per heavy atom. The highest BCUT2D eigenvalue weighted by Crippen LogP contribution is 2.38. The molecule has 2 nitrogen and oxygen atoms in total. The molecule has 0 fully saturated rings. The van der Waals surface area contributed by atoms with Gasteiger partial charge in [0.15, 0.2) is 0 Å². The first-order valence-corrected chi connectivity index (χ1v) is 3.99. The fourth-order valence-electron chi connectivity index (χ4n) is 1.47. The summed E-state index contributed by atoms with van der Waals surface area (Å²) in [6.45, 7) is 0.291. The van der Waals surface area contributed by atoms with Crippen molar-refractivity contribution < 1.29 is 13.5 Å². The van der Waals surface area contributed by atoms with Crippen LogP contribution in [0.15, 0.2) is 18.2 Å². The lowest BCUT2D eigenvalue weighted by Gasteiger charge is -2.05. The van der Waals surface area contributed by atoms with E-state index in [4.69, 9.17) is 10.5 Å². The van der Waals surface area contributed by atoms with Gasteiger partial charge in [0.25, 0.3) is 6.43 Å². The maximum Gasteiger partial charge on any atom is 0.267 e. The number of nitrogens with two attached hydrogens (primary N) is 1. The minimum absolute atomic E-state index is 0.0644. The molecule has 0 radical (unpaired) electrons. The summed E-state index contributed by atoms with van der Waals surface area (Å²) in [5.74, 6) is 0.269. The minimum Gasteiger partial charge on any atom is -0.491 e. The molecule has 0 spiro atoms. The molecular formula is C9H9F2NO. The lowest BCUT2D eigenvalue weighted by Crippen LogP contribution is -2.10. The van der Waals surface area contributed by atoms with E-state index in [0.29, 0.717) is 12.2 Å². The zero-order valence-electron chi connectivity index (χ0n) is 6.84. The van der Waals surface area contributed by atoms with Crippen LogP contribution in [0.3, 0.4) is 0 Å². The molecule has 1 aromatic carbocycles. The number of ether oxygens (including phenoxy) is 1. The van der Waals surface area contributed by atoms with Crippen molar-refractivity contribution in [3.8, 4) is 5.75 Å². The highest BCUT2D eigenvalue weighted by atomic mass is 19.3. The average molecular weight is 185 g/mol. The van der Waals surface area contributed by atoms with Crippen molar-refractivity contribution in [2.45, 2.75) is 12.5 Å². The summed E-state index contributed by atoms with van der Waals surface area (Å²) in [6, 6.07) is 4.39. The fourth-order valence-corrected chi connectivity index (χ4v) is 1.47. The van der Waals surface area contributed by atoms with E-state index in [-0.39, 0.29) is 17.4 Å². The Balaban J connectivity index is 2.51. The number of rotatable bonds is 1. The SMILES string of the molecule is N[C@H]1COc2c(C(F)F)cccc21. The molecule has 0 aromatic heterocycles.